The molecule has 0 spiro atoms. The fourth-order valence-corrected chi connectivity index (χ4v) is 4.05. The molecule has 3 rings (SSSR count). The van der Waals surface area contributed by atoms with Gasteiger partial charge in [-0.3, -0.25) is 9.79 Å². The van der Waals surface area contributed by atoms with Gasteiger partial charge in [0, 0.05) is 32.1 Å². The van der Waals surface area contributed by atoms with Gasteiger partial charge in [-0.1, -0.05) is 25.0 Å². The molecule has 0 radical (unpaired) electrons. The van der Waals surface area contributed by atoms with Gasteiger partial charge in [-0.15, -0.1) is 0 Å². The van der Waals surface area contributed by atoms with Crippen LogP contribution in [0.4, 0.5) is 13.2 Å². The van der Waals surface area contributed by atoms with Crippen molar-refractivity contribution in [3.8, 4) is 5.75 Å². The van der Waals surface area contributed by atoms with E-state index in [2.05, 4.69) is 15.6 Å². The highest BCUT2D eigenvalue weighted by molar-refractivity contribution is 5.81. The maximum atomic E-state index is 13.0. The van der Waals surface area contributed by atoms with Crippen molar-refractivity contribution in [2.24, 2.45) is 10.9 Å². The summed E-state index contributed by atoms with van der Waals surface area (Å²) in [7, 11) is 1.63. The highest BCUT2D eigenvalue weighted by atomic mass is 19.4. The number of nitrogens with one attached hydrogen (secondary N) is 2. The first kappa shape index (κ1) is 22.2. The average Bonchev–Trinajstić information content (AvgIpc) is 3.41. The molecule has 1 atom stereocenters. The van der Waals surface area contributed by atoms with Gasteiger partial charge >= 0.3 is 6.18 Å². The Labute approximate surface area is 174 Å². The van der Waals surface area contributed by atoms with Crippen LogP contribution in [0.5, 0.6) is 5.75 Å². The molecule has 30 heavy (non-hydrogen) atoms. The van der Waals surface area contributed by atoms with E-state index in [1.165, 1.54) is 18.2 Å². The Kier molecular flexibility index (Phi) is 7.44. The van der Waals surface area contributed by atoms with Crippen molar-refractivity contribution in [2.75, 3.05) is 33.3 Å². The van der Waals surface area contributed by atoms with Gasteiger partial charge in [-0.2, -0.15) is 13.2 Å². The number of nitrogens with zero attached hydrogens (tertiary/aromatic N) is 2. The number of likely N-dealkylation sites (tertiary alicyclic amines) is 1. The number of alkyl halides is 3. The van der Waals surface area contributed by atoms with Crippen LogP contribution in [0, 0.1) is 5.92 Å². The average molecular weight is 426 g/mol. The van der Waals surface area contributed by atoms with E-state index in [1.807, 2.05) is 4.90 Å². The molecule has 1 unspecified atom stereocenters. The van der Waals surface area contributed by atoms with E-state index in [1.54, 1.807) is 7.05 Å². The van der Waals surface area contributed by atoms with Crippen molar-refractivity contribution < 1.29 is 22.7 Å². The smallest absolute Gasteiger partial charge is 0.419 e. The second-order valence-electron chi connectivity index (χ2n) is 7.74. The van der Waals surface area contributed by atoms with Crippen LogP contribution in [0.2, 0.25) is 0 Å². The number of carbonyl (C=O) groups excluding carboxylic acids is 1. The molecule has 9 heteroatoms. The number of aliphatic imine (C=N–C) groups is 1. The van der Waals surface area contributed by atoms with Gasteiger partial charge in [0.15, 0.2) is 5.96 Å². The first-order valence-corrected chi connectivity index (χ1v) is 10.4. The fourth-order valence-electron chi connectivity index (χ4n) is 4.05. The number of carbonyl (C=O) groups is 1. The lowest BCUT2D eigenvalue weighted by molar-refractivity contribution is -0.139. The molecular weight excluding hydrogens is 397 g/mol. The molecule has 0 bridgehead atoms. The third-order valence-electron chi connectivity index (χ3n) is 5.61. The lowest BCUT2D eigenvalue weighted by Gasteiger charge is -2.21. The summed E-state index contributed by atoms with van der Waals surface area (Å²) in [5.74, 6) is 0.795. The van der Waals surface area contributed by atoms with Crippen molar-refractivity contribution in [3.05, 3.63) is 29.8 Å². The Morgan fingerprint density at radius 1 is 1.23 bits per heavy atom. The zero-order valence-electron chi connectivity index (χ0n) is 17.2. The van der Waals surface area contributed by atoms with E-state index in [0.717, 1.165) is 44.7 Å². The van der Waals surface area contributed by atoms with Crippen LogP contribution in [0.1, 0.15) is 37.7 Å². The third kappa shape index (κ3) is 5.79. The zero-order chi connectivity index (χ0) is 21.6. The van der Waals surface area contributed by atoms with Gasteiger partial charge in [0.1, 0.15) is 12.4 Å². The molecule has 6 nitrogen and oxygen atoms in total. The summed E-state index contributed by atoms with van der Waals surface area (Å²) in [6.07, 6.45) is 0.652. The van der Waals surface area contributed by atoms with Crippen molar-refractivity contribution in [2.45, 2.75) is 44.3 Å². The molecule has 1 aromatic rings. The van der Waals surface area contributed by atoms with Crippen molar-refractivity contribution >= 4 is 11.9 Å². The molecular formula is C21H29F3N4O2. The number of benzene rings is 1. The molecule has 0 aromatic heterocycles. The van der Waals surface area contributed by atoms with Crippen LogP contribution in [-0.2, 0) is 11.0 Å². The molecule has 1 aliphatic carbocycles. The Bertz CT molecular complexity index is 748. The number of halogens is 3. The molecule has 166 valence electrons. The van der Waals surface area contributed by atoms with Crippen molar-refractivity contribution in [3.63, 3.8) is 0 Å². The number of ether oxygens (including phenoxy) is 1. The minimum Gasteiger partial charge on any atom is -0.491 e. The van der Waals surface area contributed by atoms with Crippen LogP contribution in [0.15, 0.2) is 29.3 Å². The maximum absolute atomic E-state index is 13.0. The number of rotatable bonds is 6. The summed E-state index contributed by atoms with van der Waals surface area (Å²) >= 11 is 0. The zero-order valence-corrected chi connectivity index (χ0v) is 17.2. The first-order chi connectivity index (χ1) is 14.4. The number of hydrogen-bond acceptors (Lipinski definition) is 3. The van der Waals surface area contributed by atoms with Gasteiger partial charge < -0.3 is 20.3 Å². The van der Waals surface area contributed by atoms with Crippen LogP contribution in [-0.4, -0.2) is 56.1 Å². The lowest BCUT2D eigenvalue weighted by atomic mass is 10.1. The van der Waals surface area contributed by atoms with Crippen LogP contribution >= 0.6 is 0 Å². The van der Waals surface area contributed by atoms with Gasteiger partial charge in [0.05, 0.1) is 12.1 Å². The monoisotopic (exact) mass is 426 g/mol. The van der Waals surface area contributed by atoms with E-state index in [9.17, 15) is 18.0 Å². The van der Waals surface area contributed by atoms with Crippen molar-refractivity contribution in [1.29, 1.82) is 0 Å². The molecule has 1 saturated carbocycles. The maximum Gasteiger partial charge on any atom is 0.419 e. The summed E-state index contributed by atoms with van der Waals surface area (Å²) < 4.78 is 44.3. The lowest BCUT2D eigenvalue weighted by Crippen LogP contribution is -2.46. The minimum absolute atomic E-state index is 0.0603. The Hall–Kier alpha value is -2.45. The first-order valence-electron chi connectivity index (χ1n) is 10.4. The van der Waals surface area contributed by atoms with E-state index in [-0.39, 0.29) is 30.2 Å². The molecule has 1 aromatic carbocycles. The predicted molar refractivity (Wildman–Crippen MR) is 108 cm³/mol. The largest absolute Gasteiger partial charge is 0.491 e. The van der Waals surface area contributed by atoms with E-state index in [0.29, 0.717) is 19.0 Å². The molecule has 2 N–H and O–H groups in total. The topological polar surface area (TPSA) is 66.0 Å². The normalized spacial score (nSPS) is 20.5. The molecule has 2 fully saturated rings. The van der Waals surface area contributed by atoms with Gasteiger partial charge in [0.25, 0.3) is 0 Å². The summed E-state index contributed by atoms with van der Waals surface area (Å²) in [5.41, 5.74) is -0.787. The molecule has 2 aliphatic rings. The summed E-state index contributed by atoms with van der Waals surface area (Å²) in [6.45, 7) is 1.74. The number of hydrogen-bond donors (Lipinski definition) is 2. The Morgan fingerprint density at radius 3 is 2.67 bits per heavy atom. The van der Waals surface area contributed by atoms with Crippen LogP contribution < -0.4 is 15.4 Å². The fraction of sp³-hybridized carbons (Fsp3) is 0.619. The SMILES string of the molecule is CN=C(NCCOc1ccccc1C(F)(F)F)NC1CCN(C(=O)C2CCCC2)C1. The quantitative estimate of drug-likeness (QED) is 0.417. The highest BCUT2D eigenvalue weighted by Gasteiger charge is 2.34. The van der Waals surface area contributed by atoms with Gasteiger partial charge in [-0.25, -0.2) is 0 Å². The second kappa shape index (κ2) is 10.0. The molecule has 1 amide bonds. The van der Waals surface area contributed by atoms with Gasteiger partial charge in [-0.05, 0) is 31.4 Å². The highest BCUT2D eigenvalue weighted by Crippen LogP contribution is 2.35. The number of para-hydroxylation sites is 1. The van der Waals surface area contributed by atoms with E-state index >= 15 is 0 Å². The number of guanidine groups is 1. The van der Waals surface area contributed by atoms with Crippen molar-refractivity contribution in [1.82, 2.24) is 15.5 Å². The molecule has 1 saturated heterocycles. The summed E-state index contributed by atoms with van der Waals surface area (Å²) in [4.78, 5) is 18.6. The van der Waals surface area contributed by atoms with Gasteiger partial charge in [0.2, 0.25) is 5.91 Å². The number of amides is 1. The molecule has 1 heterocycles. The second-order valence-corrected chi connectivity index (χ2v) is 7.74. The minimum atomic E-state index is -4.45. The van der Waals surface area contributed by atoms with E-state index < -0.39 is 11.7 Å². The standard InChI is InChI=1S/C21H29F3N4O2/c1-25-20(26-11-13-30-18-9-5-4-8-17(18)21(22,23)24)27-16-10-12-28(14-16)19(29)15-6-2-3-7-15/h4-5,8-9,15-16H,2-3,6-7,10-14H2,1H3,(H2,25,26,27). The Morgan fingerprint density at radius 2 is 1.97 bits per heavy atom. The summed E-state index contributed by atoms with van der Waals surface area (Å²) in [6, 6.07) is 5.26. The summed E-state index contributed by atoms with van der Waals surface area (Å²) in [5, 5.41) is 6.34. The Balaban J connectivity index is 1.41. The van der Waals surface area contributed by atoms with E-state index in [4.69, 9.17) is 4.74 Å². The molecule has 1 aliphatic heterocycles. The van der Waals surface area contributed by atoms with Crippen LogP contribution in [0.25, 0.3) is 0 Å². The third-order valence-corrected chi connectivity index (χ3v) is 5.61. The van der Waals surface area contributed by atoms with Crippen LogP contribution in [0.3, 0.4) is 0 Å². The predicted octanol–water partition coefficient (Wildman–Crippen LogP) is 3.04.